The minimum atomic E-state index is -0.383. The number of aromatic amines is 1. The van der Waals surface area contributed by atoms with Crippen molar-refractivity contribution in [2.75, 3.05) is 18.5 Å². The Morgan fingerprint density at radius 3 is 3.03 bits per heavy atom. The molecular weight excluding hydrogens is 394 g/mol. The fraction of sp³-hybridized carbons (Fsp3) is 0.318. The summed E-state index contributed by atoms with van der Waals surface area (Å²) in [6, 6.07) is 11.5. The molecule has 9 heteroatoms. The Hall–Kier alpha value is -3.77. The van der Waals surface area contributed by atoms with E-state index in [9.17, 15) is 4.79 Å². The second-order valence-electron chi connectivity index (χ2n) is 7.24. The summed E-state index contributed by atoms with van der Waals surface area (Å²) in [5.41, 5.74) is 3.33. The van der Waals surface area contributed by atoms with Gasteiger partial charge in [-0.05, 0) is 50.6 Å². The molecular formula is C22H23N7O2. The van der Waals surface area contributed by atoms with Crippen LogP contribution >= 0.6 is 0 Å². The molecule has 31 heavy (non-hydrogen) atoms. The van der Waals surface area contributed by atoms with Crippen LogP contribution in [0.15, 0.2) is 42.7 Å². The standard InChI is InChI=1S/C22H23N7O2/c1-2-31-22(30)21-15(12-25-28-21)14-29-10-4-6-19(29)18-5-3-7-20(27-18)26-17-9-8-16(11-23)24-13-17/h3,5,7-9,12-13,19H,2,4,6,10,14H2,1H3,(H,25,28)(H,26,27)/t19-/m1/s1. The molecule has 0 unspecified atom stereocenters. The number of nitriles is 1. The predicted molar refractivity (Wildman–Crippen MR) is 113 cm³/mol. The number of hydrogen-bond donors (Lipinski definition) is 2. The number of ether oxygens (including phenoxy) is 1. The third kappa shape index (κ3) is 4.70. The van der Waals surface area contributed by atoms with Gasteiger partial charge in [-0.25, -0.2) is 14.8 Å². The van der Waals surface area contributed by atoms with E-state index in [1.807, 2.05) is 24.3 Å². The molecule has 0 aromatic carbocycles. The van der Waals surface area contributed by atoms with E-state index in [1.165, 1.54) is 0 Å². The first-order chi connectivity index (χ1) is 15.2. The number of nitrogens with zero attached hydrogens (tertiary/aromatic N) is 5. The molecule has 1 saturated heterocycles. The van der Waals surface area contributed by atoms with Gasteiger partial charge in [0, 0.05) is 12.1 Å². The normalized spacial score (nSPS) is 16.1. The number of hydrogen-bond acceptors (Lipinski definition) is 8. The van der Waals surface area contributed by atoms with Gasteiger partial charge in [0.15, 0.2) is 0 Å². The van der Waals surface area contributed by atoms with Crippen LogP contribution in [-0.2, 0) is 11.3 Å². The van der Waals surface area contributed by atoms with Crippen molar-refractivity contribution >= 4 is 17.5 Å². The maximum absolute atomic E-state index is 12.2. The van der Waals surface area contributed by atoms with Crippen molar-refractivity contribution in [3.8, 4) is 6.07 Å². The highest BCUT2D eigenvalue weighted by Gasteiger charge is 2.29. The van der Waals surface area contributed by atoms with Gasteiger partial charge in [0.1, 0.15) is 23.3 Å². The molecule has 0 bridgehead atoms. The lowest BCUT2D eigenvalue weighted by Gasteiger charge is -2.24. The van der Waals surface area contributed by atoms with Gasteiger partial charge in [0.05, 0.1) is 36.4 Å². The van der Waals surface area contributed by atoms with E-state index in [1.54, 1.807) is 31.5 Å². The minimum absolute atomic E-state index is 0.144. The molecule has 0 radical (unpaired) electrons. The van der Waals surface area contributed by atoms with Gasteiger partial charge in [0.2, 0.25) is 0 Å². The van der Waals surface area contributed by atoms with Crippen LogP contribution < -0.4 is 5.32 Å². The van der Waals surface area contributed by atoms with Gasteiger partial charge in [-0.2, -0.15) is 10.4 Å². The smallest absolute Gasteiger partial charge is 0.356 e. The van der Waals surface area contributed by atoms with E-state index >= 15 is 0 Å². The molecule has 0 aliphatic carbocycles. The number of likely N-dealkylation sites (tertiary alicyclic amines) is 1. The van der Waals surface area contributed by atoms with Gasteiger partial charge < -0.3 is 10.1 Å². The van der Waals surface area contributed by atoms with Crippen molar-refractivity contribution in [3.05, 3.63) is 65.4 Å². The maximum atomic E-state index is 12.2. The maximum Gasteiger partial charge on any atom is 0.356 e. The molecule has 3 aromatic rings. The lowest BCUT2D eigenvalue weighted by Crippen LogP contribution is -2.24. The highest BCUT2D eigenvalue weighted by atomic mass is 16.5. The van der Waals surface area contributed by atoms with Gasteiger partial charge in [-0.3, -0.25) is 10.00 Å². The largest absolute Gasteiger partial charge is 0.461 e. The van der Waals surface area contributed by atoms with Crippen LogP contribution in [0, 0.1) is 11.3 Å². The zero-order valence-corrected chi connectivity index (χ0v) is 17.2. The van der Waals surface area contributed by atoms with Crippen molar-refractivity contribution in [1.29, 1.82) is 5.26 Å². The first kappa shape index (κ1) is 20.5. The fourth-order valence-electron chi connectivity index (χ4n) is 3.77. The Balaban J connectivity index is 1.49. The SMILES string of the molecule is CCOC(=O)c1[nH]ncc1CN1CCC[C@@H]1c1cccc(Nc2ccc(C#N)nc2)n1. The number of carbonyl (C=O) groups excluding carboxylic acids is 1. The number of pyridine rings is 2. The molecule has 1 atom stereocenters. The lowest BCUT2D eigenvalue weighted by molar-refractivity contribution is 0.0516. The Morgan fingerprint density at radius 2 is 2.26 bits per heavy atom. The van der Waals surface area contributed by atoms with Crippen LogP contribution in [0.25, 0.3) is 0 Å². The number of nitrogens with one attached hydrogen (secondary N) is 2. The Bertz CT molecular complexity index is 1090. The molecule has 0 saturated carbocycles. The molecule has 4 rings (SSSR count). The van der Waals surface area contributed by atoms with Crippen LogP contribution in [0.2, 0.25) is 0 Å². The summed E-state index contributed by atoms with van der Waals surface area (Å²) >= 11 is 0. The fourth-order valence-corrected chi connectivity index (χ4v) is 3.77. The third-order valence-electron chi connectivity index (χ3n) is 5.20. The molecule has 1 fully saturated rings. The highest BCUT2D eigenvalue weighted by molar-refractivity contribution is 5.88. The number of esters is 1. The molecule has 1 aliphatic heterocycles. The minimum Gasteiger partial charge on any atom is -0.461 e. The summed E-state index contributed by atoms with van der Waals surface area (Å²) in [6.45, 7) is 3.61. The van der Waals surface area contributed by atoms with Crippen molar-refractivity contribution < 1.29 is 9.53 Å². The second-order valence-corrected chi connectivity index (χ2v) is 7.24. The molecule has 158 valence electrons. The van der Waals surface area contributed by atoms with Crippen molar-refractivity contribution in [2.24, 2.45) is 0 Å². The number of rotatable bonds is 7. The van der Waals surface area contributed by atoms with E-state index in [2.05, 4.69) is 25.4 Å². The first-order valence-electron chi connectivity index (χ1n) is 10.2. The Labute approximate surface area is 180 Å². The van der Waals surface area contributed by atoms with E-state index in [4.69, 9.17) is 15.0 Å². The summed E-state index contributed by atoms with van der Waals surface area (Å²) in [6.07, 6.45) is 5.34. The van der Waals surface area contributed by atoms with Gasteiger partial charge in [-0.15, -0.1) is 0 Å². The van der Waals surface area contributed by atoms with Gasteiger partial charge in [-0.1, -0.05) is 6.07 Å². The Kier molecular flexibility index (Phi) is 6.19. The van der Waals surface area contributed by atoms with Crippen LogP contribution in [0.1, 0.15) is 53.2 Å². The topological polar surface area (TPSA) is 120 Å². The number of aromatic nitrogens is 4. The monoisotopic (exact) mass is 417 g/mol. The van der Waals surface area contributed by atoms with Crippen molar-refractivity contribution in [3.63, 3.8) is 0 Å². The number of anilines is 2. The summed E-state index contributed by atoms with van der Waals surface area (Å²) in [7, 11) is 0. The van der Waals surface area contributed by atoms with E-state index < -0.39 is 0 Å². The van der Waals surface area contributed by atoms with E-state index in [0.717, 1.165) is 36.3 Å². The van der Waals surface area contributed by atoms with Gasteiger partial charge in [0.25, 0.3) is 0 Å². The zero-order chi connectivity index (χ0) is 21.6. The van der Waals surface area contributed by atoms with Crippen LogP contribution in [-0.4, -0.2) is 44.2 Å². The third-order valence-corrected chi connectivity index (χ3v) is 5.20. The lowest BCUT2D eigenvalue weighted by atomic mass is 10.1. The number of carbonyl (C=O) groups is 1. The van der Waals surface area contributed by atoms with Crippen molar-refractivity contribution in [2.45, 2.75) is 32.4 Å². The van der Waals surface area contributed by atoms with E-state index in [-0.39, 0.29) is 12.0 Å². The molecule has 1 aliphatic rings. The average Bonchev–Trinajstić information content (AvgIpc) is 3.45. The molecule has 0 spiro atoms. The molecule has 3 aromatic heterocycles. The van der Waals surface area contributed by atoms with Crippen LogP contribution in [0.5, 0.6) is 0 Å². The quantitative estimate of drug-likeness (QED) is 0.562. The van der Waals surface area contributed by atoms with Crippen LogP contribution in [0.3, 0.4) is 0 Å². The van der Waals surface area contributed by atoms with E-state index in [0.29, 0.717) is 30.4 Å². The highest BCUT2D eigenvalue weighted by Crippen LogP contribution is 2.33. The zero-order valence-electron chi connectivity index (χ0n) is 17.2. The summed E-state index contributed by atoms with van der Waals surface area (Å²) in [5.74, 6) is 0.331. The summed E-state index contributed by atoms with van der Waals surface area (Å²) in [5, 5.41) is 18.9. The Morgan fingerprint density at radius 1 is 1.35 bits per heavy atom. The van der Waals surface area contributed by atoms with Gasteiger partial charge >= 0.3 is 5.97 Å². The molecule has 4 heterocycles. The predicted octanol–water partition coefficient (Wildman–Crippen LogP) is 3.33. The number of H-pyrrole nitrogens is 1. The molecule has 9 nitrogen and oxygen atoms in total. The molecule has 2 N–H and O–H groups in total. The first-order valence-corrected chi connectivity index (χ1v) is 10.2. The van der Waals surface area contributed by atoms with Crippen LogP contribution in [0.4, 0.5) is 11.5 Å². The molecule has 0 amide bonds. The summed E-state index contributed by atoms with van der Waals surface area (Å²) in [4.78, 5) is 23.3. The average molecular weight is 417 g/mol. The van der Waals surface area contributed by atoms with Crippen molar-refractivity contribution in [1.82, 2.24) is 25.1 Å². The summed E-state index contributed by atoms with van der Waals surface area (Å²) < 4.78 is 5.12. The second kappa shape index (κ2) is 9.36.